The lowest BCUT2D eigenvalue weighted by Crippen LogP contribution is -2.25. The van der Waals surface area contributed by atoms with E-state index in [-0.39, 0.29) is 13.3 Å². The molecule has 1 aliphatic heterocycles. The molecule has 54 valence electrons. The highest BCUT2D eigenvalue weighted by atomic mass is 16.1. The van der Waals surface area contributed by atoms with Crippen LogP contribution in [0.1, 0.15) is 7.85 Å². The van der Waals surface area contributed by atoms with Crippen molar-refractivity contribution < 1.29 is 6.22 Å². The summed E-state index contributed by atoms with van der Waals surface area (Å²) in [5, 5.41) is 0. The number of primary amides is 1. The van der Waals surface area contributed by atoms with Gasteiger partial charge >= 0.3 is 0 Å². The number of nitrogens with two attached hydrogens (primary N) is 1. The van der Waals surface area contributed by atoms with E-state index in [1.807, 2.05) is 7.05 Å². The Balaban J connectivity index is 0.000000810. The van der Waals surface area contributed by atoms with Gasteiger partial charge in [-0.3, -0.25) is 4.79 Å². The lowest BCUT2D eigenvalue weighted by molar-refractivity contribution is -0.121. The van der Waals surface area contributed by atoms with Crippen molar-refractivity contribution in [1.29, 1.82) is 0 Å². The maximum atomic E-state index is 10.5. The van der Waals surface area contributed by atoms with Crippen molar-refractivity contribution in [2.45, 2.75) is 6.42 Å². The zero-order chi connectivity index (χ0) is 6.85. The minimum Gasteiger partial charge on any atom is -0.369 e. The van der Waals surface area contributed by atoms with E-state index in [0.29, 0.717) is 0 Å². The number of hydrogen-bond donors (Lipinski definition) is 1. The van der Waals surface area contributed by atoms with Crippen molar-refractivity contribution in [1.82, 2.24) is 4.90 Å². The molecule has 0 spiro atoms. The highest BCUT2D eigenvalue weighted by Gasteiger charge is 2.23. The van der Waals surface area contributed by atoms with E-state index >= 15 is 0 Å². The van der Waals surface area contributed by atoms with Crippen LogP contribution in [0.5, 0.6) is 0 Å². The highest BCUT2D eigenvalue weighted by Crippen LogP contribution is 2.12. The second-order valence-electron chi connectivity index (χ2n) is 2.65. The Morgan fingerprint density at radius 2 is 2.56 bits per heavy atom. The SMILES string of the molecule is CN1CCC(C(N)=O)C1.[HH]. The van der Waals surface area contributed by atoms with Gasteiger partial charge < -0.3 is 10.6 Å². The predicted molar refractivity (Wildman–Crippen MR) is 36.9 cm³/mol. The molecule has 1 unspecified atom stereocenters. The van der Waals surface area contributed by atoms with Gasteiger partial charge in [-0.1, -0.05) is 0 Å². The van der Waals surface area contributed by atoms with Crippen LogP contribution >= 0.6 is 0 Å². The number of hydrogen-bond acceptors (Lipinski definition) is 2. The standard InChI is InChI=1S/C6H12N2O.H2/c1-8-3-2-5(4-8)6(7)9;/h5H,2-4H2,1H3,(H2,7,9);1H. The first-order valence-corrected chi connectivity index (χ1v) is 3.18. The maximum absolute atomic E-state index is 10.5. The Bertz CT molecular complexity index is 129. The third kappa shape index (κ3) is 1.42. The van der Waals surface area contributed by atoms with E-state index in [2.05, 4.69) is 4.90 Å². The Kier molecular flexibility index (Phi) is 1.71. The van der Waals surface area contributed by atoms with Crippen LogP contribution in [-0.2, 0) is 4.79 Å². The summed E-state index contributed by atoms with van der Waals surface area (Å²) < 4.78 is 0. The van der Waals surface area contributed by atoms with Gasteiger partial charge in [-0.2, -0.15) is 0 Å². The molecule has 1 amide bonds. The van der Waals surface area contributed by atoms with Crippen molar-refractivity contribution in [2.24, 2.45) is 11.7 Å². The zero-order valence-corrected chi connectivity index (χ0v) is 5.63. The summed E-state index contributed by atoms with van der Waals surface area (Å²) in [4.78, 5) is 12.7. The topological polar surface area (TPSA) is 46.3 Å². The quantitative estimate of drug-likeness (QED) is 0.528. The molecule has 0 aliphatic carbocycles. The molecule has 0 radical (unpaired) electrons. The molecule has 1 heterocycles. The molecule has 9 heavy (non-hydrogen) atoms. The number of amides is 1. The molecule has 1 rings (SSSR count). The van der Waals surface area contributed by atoms with Gasteiger partial charge in [0.15, 0.2) is 0 Å². The van der Waals surface area contributed by atoms with Gasteiger partial charge in [-0.25, -0.2) is 0 Å². The normalized spacial score (nSPS) is 28.8. The van der Waals surface area contributed by atoms with E-state index in [1.165, 1.54) is 0 Å². The summed E-state index contributed by atoms with van der Waals surface area (Å²) in [6, 6.07) is 0. The molecule has 3 nitrogen and oxygen atoms in total. The Hall–Kier alpha value is -0.570. The van der Waals surface area contributed by atoms with Crippen LogP contribution in [0.2, 0.25) is 0 Å². The van der Waals surface area contributed by atoms with E-state index < -0.39 is 0 Å². The molecule has 0 aromatic rings. The first-order chi connectivity index (χ1) is 4.20. The van der Waals surface area contributed by atoms with E-state index in [0.717, 1.165) is 19.5 Å². The first kappa shape index (κ1) is 6.55. The van der Waals surface area contributed by atoms with Crippen LogP contribution in [-0.4, -0.2) is 30.9 Å². The highest BCUT2D eigenvalue weighted by molar-refractivity contribution is 5.77. The predicted octanol–water partition coefficient (Wildman–Crippen LogP) is -0.331. The molecule has 1 fully saturated rings. The minimum absolute atomic E-state index is 0. The number of carbonyl (C=O) groups excluding carboxylic acids is 1. The second kappa shape index (κ2) is 2.35. The molecule has 0 saturated carbocycles. The number of likely N-dealkylation sites (tertiary alicyclic amines) is 1. The van der Waals surface area contributed by atoms with Gasteiger partial charge in [0, 0.05) is 7.97 Å². The molecular formula is C6H14N2O. The smallest absolute Gasteiger partial charge is 0.221 e. The molecule has 0 aromatic carbocycles. The summed E-state index contributed by atoms with van der Waals surface area (Å²) in [6.45, 7) is 1.85. The summed E-state index contributed by atoms with van der Waals surface area (Å²) in [5.74, 6) is -0.0469. The van der Waals surface area contributed by atoms with E-state index in [1.54, 1.807) is 0 Å². The van der Waals surface area contributed by atoms with Crippen LogP contribution in [0, 0.1) is 5.92 Å². The van der Waals surface area contributed by atoms with Crippen molar-refractivity contribution in [2.75, 3.05) is 20.1 Å². The van der Waals surface area contributed by atoms with Crippen LogP contribution in [0.3, 0.4) is 0 Å². The number of rotatable bonds is 1. The van der Waals surface area contributed by atoms with Crippen molar-refractivity contribution in [3.63, 3.8) is 0 Å². The largest absolute Gasteiger partial charge is 0.369 e. The van der Waals surface area contributed by atoms with Crippen molar-refractivity contribution in [3.05, 3.63) is 0 Å². The monoisotopic (exact) mass is 130 g/mol. The molecular weight excluding hydrogens is 116 g/mol. The summed E-state index contributed by atoms with van der Waals surface area (Å²) in [7, 11) is 2.00. The molecule has 1 aliphatic rings. The average Bonchev–Trinajstić information content (AvgIpc) is 2.14. The molecule has 1 atom stereocenters. The van der Waals surface area contributed by atoms with Gasteiger partial charge in [0.2, 0.25) is 5.91 Å². The van der Waals surface area contributed by atoms with Gasteiger partial charge in [-0.15, -0.1) is 0 Å². The van der Waals surface area contributed by atoms with Gasteiger partial charge in [0.1, 0.15) is 0 Å². The summed E-state index contributed by atoms with van der Waals surface area (Å²) in [5.41, 5.74) is 5.09. The Labute approximate surface area is 56.3 Å². The molecule has 1 saturated heterocycles. The van der Waals surface area contributed by atoms with E-state index in [4.69, 9.17) is 5.73 Å². The Morgan fingerprint density at radius 1 is 1.89 bits per heavy atom. The van der Waals surface area contributed by atoms with Crippen LogP contribution in [0.15, 0.2) is 0 Å². The van der Waals surface area contributed by atoms with Crippen LogP contribution in [0.25, 0.3) is 0 Å². The Morgan fingerprint density at radius 3 is 2.78 bits per heavy atom. The van der Waals surface area contributed by atoms with E-state index in [9.17, 15) is 4.79 Å². The van der Waals surface area contributed by atoms with Crippen molar-refractivity contribution >= 4 is 5.91 Å². The summed E-state index contributed by atoms with van der Waals surface area (Å²) >= 11 is 0. The molecule has 3 heteroatoms. The lowest BCUT2D eigenvalue weighted by atomic mass is 10.1. The second-order valence-corrected chi connectivity index (χ2v) is 2.65. The van der Waals surface area contributed by atoms with Crippen LogP contribution < -0.4 is 5.73 Å². The fraction of sp³-hybridized carbons (Fsp3) is 0.833. The van der Waals surface area contributed by atoms with Crippen LogP contribution in [0.4, 0.5) is 0 Å². The minimum atomic E-state index is -0.153. The van der Waals surface area contributed by atoms with Gasteiger partial charge in [0.05, 0.1) is 5.92 Å². The summed E-state index contributed by atoms with van der Waals surface area (Å²) in [6.07, 6.45) is 0.936. The lowest BCUT2D eigenvalue weighted by Gasteiger charge is -2.05. The number of nitrogens with zero attached hydrogens (tertiary/aromatic N) is 1. The molecule has 0 bridgehead atoms. The zero-order valence-electron chi connectivity index (χ0n) is 5.63. The fourth-order valence-corrected chi connectivity index (χ4v) is 1.17. The third-order valence-corrected chi connectivity index (χ3v) is 1.79. The molecule has 2 N–H and O–H groups in total. The first-order valence-electron chi connectivity index (χ1n) is 3.18. The molecule has 0 aromatic heterocycles. The maximum Gasteiger partial charge on any atom is 0.221 e. The number of carbonyl (C=O) groups is 1. The third-order valence-electron chi connectivity index (χ3n) is 1.79. The van der Waals surface area contributed by atoms with Crippen molar-refractivity contribution in [3.8, 4) is 0 Å². The van der Waals surface area contributed by atoms with Gasteiger partial charge in [0.25, 0.3) is 0 Å². The fourth-order valence-electron chi connectivity index (χ4n) is 1.17. The van der Waals surface area contributed by atoms with Gasteiger partial charge in [-0.05, 0) is 20.0 Å². The average molecular weight is 130 g/mol.